The third kappa shape index (κ3) is 3.80. The minimum absolute atomic E-state index is 0. The molecular formula is C12H23ClN2O. The van der Waals surface area contributed by atoms with Crippen LogP contribution in [-0.2, 0) is 4.79 Å². The van der Waals surface area contributed by atoms with E-state index in [9.17, 15) is 4.79 Å². The fraction of sp³-hybridized carbons (Fsp3) is 0.750. The van der Waals surface area contributed by atoms with E-state index in [2.05, 4.69) is 0 Å². The van der Waals surface area contributed by atoms with E-state index in [1.807, 2.05) is 31.9 Å². The number of carbonyl (C=O) groups excluding carboxylic acids is 1. The minimum atomic E-state index is 0. The fourth-order valence-electron chi connectivity index (χ4n) is 2.06. The number of rotatable bonds is 2. The van der Waals surface area contributed by atoms with Gasteiger partial charge in [-0.2, -0.15) is 0 Å². The lowest BCUT2D eigenvalue weighted by molar-refractivity contribution is -0.128. The van der Waals surface area contributed by atoms with E-state index in [0.29, 0.717) is 12.1 Å². The third-order valence-corrected chi connectivity index (χ3v) is 3.38. The Bertz CT molecular complexity index is 258. The van der Waals surface area contributed by atoms with E-state index in [1.54, 1.807) is 0 Å². The SMILES string of the molecule is CC=C(C)C(=O)N(C)C1CCC(N)CC1.Cl. The monoisotopic (exact) mass is 246 g/mol. The van der Waals surface area contributed by atoms with Gasteiger partial charge in [-0.3, -0.25) is 4.79 Å². The standard InChI is InChI=1S/C12H22N2O.ClH/c1-4-9(2)12(15)14(3)11-7-5-10(13)6-8-11;/h4,10-11H,5-8,13H2,1-3H3;1H. The predicted molar refractivity (Wildman–Crippen MR) is 69.7 cm³/mol. The van der Waals surface area contributed by atoms with Crippen molar-refractivity contribution in [1.29, 1.82) is 0 Å². The second-order valence-electron chi connectivity index (χ2n) is 4.46. The summed E-state index contributed by atoms with van der Waals surface area (Å²) in [7, 11) is 1.90. The van der Waals surface area contributed by atoms with Crippen LogP contribution in [0.5, 0.6) is 0 Å². The smallest absolute Gasteiger partial charge is 0.249 e. The molecule has 0 radical (unpaired) electrons. The highest BCUT2D eigenvalue weighted by atomic mass is 35.5. The molecule has 2 N–H and O–H groups in total. The summed E-state index contributed by atoms with van der Waals surface area (Å²) in [6.45, 7) is 3.77. The Morgan fingerprint density at radius 1 is 1.31 bits per heavy atom. The average Bonchev–Trinajstić information content (AvgIpc) is 2.27. The Morgan fingerprint density at radius 2 is 1.81 bits per heavy atom. The lowest BCUT2D eigenvalue weighted by atomic mass is 9.91. The molecule has 0 spiro atoms. The first-order valence-corrected chi connectivity index (χ1v) is 5.72. The Balaban J connectivity index is 0.00000225. The van der Waals surface area contributed by atoms with Crippen molar-refractivity contribution in [2.24, 2.45) is 5.73 Å². The third-order valence-electron chi connectivity index (χ3n) is 3.38. The van der Waals surface area contributed by atoms with Crippen molar-refractivity contribution in [2.45, 2.75) is 51.6 Å². The average molecular weight is 247 g/mol. The summed E-state index contributed by atoms with van der Waals surface area (Å²) in [5, 5.41) is 0. The summed E-state index contributed by atoms with van der Waals surface area (Å²) >= 11 is 0. The van der Waals surface area contributed by atoms with Crippen molar-refractivity contribution in [1.82, 2.24) is 4.90 Å². The molecular weight excluding hydrogens is 224 g/mol. The van der Waals surface area contributed by atoms with Crippen LogP contribution in [0.25, 0.3) is 0 Å². The Hall–Kier alpha value is -0.540. The molecule has 1 aliphatic rings. The highest BCUT2D eigenvalue weighted by Crippen LogP contribution is 2.22. The van der Waals surface area contributed by atoms with Crippen molar-refractivity contribution < 1.29 is 4.79 Å². The van der Waals surface area contributed by atoms with Crippen LogP contribution in [0.3, 0.4) is 0 Å². The van der Waals surface area contributed by atoms with Crippen molar-refractivity contribution in [3.63, 3.8) is 0 Å². The molecule has 0 aliphatic heterocycles. The maximum atomic E-state index is 11.9. The molecule has 94 valence electrons. The van der Waals surface area contributed by atoms with E-state index >= 15 is 0 Å². The Labute approximate surface area is 104 Å². The molecule has 1 aliphatic carbocycles. The maximum absolute atomic E-state index is 11.9. The van der Waals surface area contributed by atoms with Crippen LogP contribution in [0.4, 0.5) is 0 Å². The molecule has 0 atom stereocenters. The van der Waals surface area contributed by atoms with Gasteiger partial charge in [0.15, 0.2) is 0 Å². The summed E-state index contributed by atoms with van der Waals surface area (Å²) in [5.41, 5.74) is 6.67. The number of allylic oxidation sites excluding steroid dienone is 1. The first-order valence-electron chi connectivity index (χ1n) is 5.72. The summed E-state index contributed by atoms with van der Waals surface area (Å²) < 4.78 is 0. The van der Waals surface area contributed by atoms with Gasteiger partial charge >= 0.3 is 0 Å². The summed E-state index contributed by atoms with van der Waals surface area (Å²) in [4.78, 5) is 13.8. The van der Waals surface area contributed by atoms with Crippen molar-refractivity contribution >= 4 is 18.3 Å². The van der Waals surface area contributed by atoms with Gasteiger partial charge < -0.3 is 10.6 Å². The van der Waals surface area contributed by atoms with Gasteiger partial charge in [0.05, 0.1) is 0 Å². The number of likely N-dealkylation sites (N-methyl/N-ethyl adjacent to an activating group) is 1. The number of hydrogen-bond acceptors (Lipinski definition) is 2. The van der Waals surface area contributed by atoms with Gasteiger partial charge in [-0.25, -0.2) is 0 Å². The van der Waals surface area contributed by atoms with Crippen LogP contribution >= 0.6 is 12.4 Å². The largest absolute Gasteiger partial charge is 0.339 e. The normalized spacial score (nSPS) is 25.9. The molecule has 0 unspecified atom stereocenters. The molecule has 0 heterocycles. The molecule has 1 amide bonds. The topological polar surface area (TPSA) is 46.3 Å². The number of nitrogens with zero attached hydrogens (tertiary/aromatic N) is 1. The molecule has 0 bridgehead atoms. The zero-order valence-electron chi connectivity index (χ0n) is 10.4. The van der Waals surface area contributed by atoms with Crippen molar-refractivity contribution in [2.75, 3.05) is 7.05 Å². The van der Waals surface area contributed by atoms with Gasteiger partial charge in [0.2, 0.25) is 5.91 Å². The van der Waals surface area contributed by atoms with Gasteiger partial charge in [0.1, 0.15) is 0 Å². The van der Waals surface area contributed by atoms with Crippen molar-refractivity contribution in [3.8, 4) is 0 Å². The molecule has 4 heteroatoms. The highest BCUT2D eigenvalue weighted by molar-refractivity contribution is 5.92. The van der Waals surface area contributed by atoms with Crippen LogP contribution in [0.1, 0.15) is 39.5 Å². The maximum Gasteiger partial charge on any atom is 0.249 e. The van der Waals surface area contributed by atoms with E-state index in [-0.39, 0.29) is 18.3 Å². The quantitative estimate of drug-likeness (QED) is 0.759. The number of halogens is 1. The van der Waals surface area contributed by atoms with Crippen molar-refractivity contribution in [3.05, 3.63) is 11.6 Å². The summed E-state index contributed by atoms with van der Waals surface area (Å²) in [5.74, 6) is 0.151. The first-order chi connectivity index (χ1) is 7.06. The molecule has 1 saturated carbocycles. The first kappa shape index (κ1) is 15.5. The van der Waals surface area contributed by atoms with Gasteiger partial charge in [-0.1, -0.05) is 6.08 Å². The zero-order chi connectivity index (χ0) is 11.4. The lowest BCUT2D eigenvalue weighted by Crippen LogP contribution is -2.42. The molecule has 0 saturated heterocycles. The zero-order valence-corrected chi connectivity index (χ0v) is 11.2. The number of carbonyl (C=O) groups is 1. The summed E-state index contributed by atoms with van der Waals surface area (Å²) in [6.07, 6.45) is 6.03. The number of hydrogen-bond donors (Lipinski definition) is 1. The van der Waals surface area contributed by atoms with Gasteiger partial charge in [-0.15, -0.1) is 12.4 Å². The van der Waals surface area contributed by atoms with E-state index in [4.69, 9.17) is 5.73 Å². The predicted octanol–water partition coefficient (Wildman–Crippen LogP) is 2.10. The second-order valence-corrected chi connectivity index (χ2v) is 4.46. The molecule has 1 fully saturated rings. The van der Waals surface area contributed by atoms with Crippen LogP contribution in [0.15, 0.2) is 11.6 Å². The van der Waals surface area contributed by atoms with Crippen LogP contribution in [-0.4, -0.2) is 29.9 Å². The minimum Gasteiger partial charge on any atom is -0.339 e. The molecule has 16 heavy (non-hydrogen) atoms. The van der Waals surface area contributed by atoms with E-state index in [1.165, 1.54) is 0 Å². The Morgan fingerprint density at radius 3 is 2.25 bits per heavy atom. The van der Waals surface area contributed by atoms with Crippen LogP contribution in [0, 0.1) is 0 Å². The van der Waals surface area contributed by atoms with E-state index < -0.39 is 0 Å². The van der Waals surface area contributed by atoms with Crippen LogP contribution < -0.4 is 5.73 Å². The summed E-state index contributed by atoms with van der Waals surface area (Å²) in [6, 6.07) is 0.722. The molecule has 0 aromatic rings. The van der Waals surface area contributed by atoms with Gasteiger partial charge in [0, 0.05) is 24.7 Å². The van der Waals surface area contributed by atoms with Gasteiger partial charge in [0.25, 0.3) is 0 Å². The number of nitrogens with two attached hydrogens (primary N) is 1. The Kier molecular flexibility index (Phi) is 6.68. The van der Waals surface area contributed by atoms with Gasteiger partial charge in [-0.05, 0) is 39.5 Å². The highest BCUT2D eigenvalue weighted by Gasteiger charge is 2.25. The molecule has 0 aromatic carbocycles. The molecule has 1 rings (SSSR count). The second kappa shape index (κ2) is 6.92. The molecule has 0 aromatic heterocycles. The van der Waals surface area contributed by atoms with E-state index in [0.717, 1.165) is 31.3 Å². The van der Waals surface area contributed by atoms with Crippen LogP contribution in [0.2, 0.25) is 0 Å². The lowest BCUT2D eigenvalue weighted by Gasteiger charge is -2.33. The number of amides is 1. The fourth-order valence-corrected chi connectivity index (χ4v) is 2.06. The molecule has 3 nitrogen and oxygen atoms in total.